The van der Waals surface area contributed by atoms with E-state index >= 15 is 0 Å². The molecule has 7 nitrogen and oxygen atoms in total. The van der Waals surface area contributed by atoms with E-state index in [9.17, 15) is 14.4 Å². The van der Waals surface area contributed by atoms with Crippen LogP contribution in [0.5, 0.6) is 0 Å². The second-order valence-electron chi connectivity index (χ2n) is 6.31. The molecule has 0 aliphatic carbocycles. The fourth-order valence-corrected chi connectivity index (χ4v) is 3.21. The Morgan fingerprint density at radius 1 is 1.32 bits per heavy atom. The van der Waals surface area contributed by atoms with E-state index in [1.165, 1.54) is 6.20 Å². The third-order valence-corrected chi connectivity index (χ3v) is 4.56. The molecule has 3 rings (SSSR count). The topological polar surface area (TPSA) is 94.3 Å². The highest BCUT2D eigenvalue weighted by Crippen LogP contribution is 2.15. The Morgan fingerprint density at radius 2 is 2.12 bits per heavy atom. The van der Waals surface area contributed by atoms with Gasteiger partial charge in [-0.3, -0.25) is 14.4 Å². The number of hydrogen-bond acceptors (Lipinski definition) is 4. The Morgan fingerprint density at radius 3 is 2.92 bits per heavy atom. The van der Waals surface area contributed by atoms with Crippen LogP contribution >= 0.6 is 0 Å². The molecule has 1 aliphatic rings. The number of fused-ring (bicyclic) bond motifs is 1. The molecule has 1 aliphatic heterocycles. The zero-order valence-electron chi connectivity index (χ0n) is 14.2. The highest BCUT2D eigenvalue weighted by molar-refractivity contribution is 5.98. The summed E-state index contributed by atoms with van der Waals surface area (Å²) in [4.78, 5) is 41.6. The summed E-state index contributed by atoms with van der Waals surface area (Å²) < 4.78 is 0. The number of carbonyl (C=O) groups excluding carboxylic acids is 2. The first-order valence-electron chi connectivity index (χ1n) is 8.41. The summed E-state index contributed by atoms with van der Waals surface area (Å²) in [5, 5.41) is 6.13. The quantitative estimate of drug-likeness (QED) is 0.730. The standard InChI is InChI=1S/C18H22N4O3/c1-19-8-12-6-7-22(11-12)16(23)10-21-18(25)14-9-20-15-5-3-2-4-13(15)17(14)24/h2-5,9,12,19H,6-8,10-11H2,1H3,(H,20,24)(H,21,25). The summed E-state index contributed by atoms with van der Waals surface area (Å²) in [6, 6.07) is 7.00. The van der Waals surface area contributed by atoms with Crippen LogP contribution in [-0.4, -0.2) is 54.9 Å². The van der Waals surface area contributed by atoms with E-state index < -0.39 is 5.91 Å². The van der Waals surface area contributed by atoms with E-state index in [-0.39, 0.29) is 23.4 Å². The molecule has 2 amide bonds. The lowest BCUT2D eigenvalue weighted by molar-refractivity contribution is -0.129. The predicted molar refractivity (Wildman–Crippen MR) is 95.5 cm³/mol. The molecular weight excluding hydrogens is 320 g/mol. The van der Waals surface area contributed by atoms with Gasteiger partial charge in [-0.2, -0.15) is 0 Å². The number of para-hydroxylation sites is 1. The van der Waals surface area contributed by atoms with E-state index in [4.69, 9.17) is 0 Å². The van der Waals surface area contributed by atoms with Gasteiger partial charge in [-0.25, -0.2) is 0 Å². The first-order chi connectivity index (χ1) is 12.1. The molecule has 7 heteroatoms. The molecule has 132 valence electrons. The molecule has 2 heterocycles. The largest absolute Gasteiger partial charge is 0.360 e. The number of aromatic amines is 1. The Kier molecular flexibility index (Phi) is 5.14. The van der Waals surface area contributed by atoms with Gasteiger partial charge in [0, 0.05) is 30.2 Å². The lowest BCUT2D eigenvalue weighted by atomic mass is 10.1. The van der Waals surface area contributed by atoms with Crippen molar-refractivity contribution in [3.63, 3.8) is 0 Å². The van der Waals surface area contributed by atoms with Crippen LogP contribution in [0.3, 0.4) is 0 Å². The highest BCUT2D eigenvalue weighted by atomic mass is 16.2. The number of amides is 2. The second-order valence-corrected chi connectivity index (χ2v) is 6.31. The molecule has 1 aromatic carbocycles. The van der Waals surface area contributed by atoms with Crippen LogP contribution < -0.4 is 16.1 Å². The lowest BCUT2D eigenvalue weighted by Gasteiger charge is -2.17. The van der Waals surface area contributed by atoms with Crippen LogP contribution in [0.2, 0.25) is 0 Å². The molecule has 1 aromatic heterocycles. The van der Waals surface area contributed by atoms with E-state index in [0.29, 0.717) is 29.9 Å². The van der Waals surface area contributed by atoms with Gasteiger partial charge >= 0.3 is 0 Å². The summed E-state index contributed by atoms with van der Waals surface area (Å²) in [6.07, 6.45) is 2.36. The van der Waals surface area contributed by atoms with Crippen LogP contribution in [-0.2, 0) is 4.79 Å². The van der Waals surface area contributed by atoms with Gasteiger partial charge in [-0.05, 0) is 38.1 Å². The first-order valence-corrected chi connectivity index (χ1v) is 8.41. The van der Waals surface area contributed by atoms with Gasteiger partial charge in [-0.15, -0.1) is 0 Å². The number of pyridine rings is 1. The van der Waals surface area contributed by atoms with Gasteiger partial charge in [0.05, 0.1) is 6.54 Å². The third-order valence-electron chi connectivity index (χ3n) is 4.56. The summed E-state index contributed by atoms with van der Waals surface area (Å²) in [7, 11) is 1.89. The Labute approximate surface area is 145 Å². The second kappa shape index (κ2) is 7.48. The van der Waals surface area contributed by atoms with Crippen molar-refractivity contribution in [1.82, 2.24) is 20.5 Å². The van der Waals surface area contributed by atoms with Crippen molar-refractivity contribution in [3.8, 4) is 0 Å². The van der Waals surface area contributed by atoms with Crippen molar-refractivity contribution in [1.29, 1.82) is 0 Å². The third kappa shape index (κ3) is 3.71. The van der Waals surface area contributed by atoms with Crippen LogP contribution in [0.15, 0.2) is 35.3 Å². The molecule has 3 N–H and O–H groups in total. The van der Waals surface area contributed by atoms with Crippen molar-refractivity contribution in [3.05, 3.63) is 46.2 Å². The van der Waals surface area contributed by atoms with Gasteiger partial charge < -0.3 is 20.5 Å². The van der Waals surface area contributed by atoms with Crippen LogP contribution in [0.25, 0.3) is 10.9 Å². The number of likely N-dealkylation sites (tertiary alicyclic amines) is 1. The van der Waals surface area contributed by atoms with Crippen LogP contribution in [0, 0.1) is 5.92 Å². The van der Waals surface area contributed by atoms with Crippen LogP contribution in [0.1, 0.15) is 16.8 Å². The monoisotopic (exact) mass is 342 g/mol. The lowest BCUT2D eigenvalue weighted by Crippen LogP contribution is -2.40. The molecule has 25 heavy (non-hydrogen) atoms. The van der Waals surface area contributed by atoms with Crippen molar-refractivity contribution in [2.45, 2.75) is 6.42 Å². The Balaban J connectivity index is 1.62. The molecular formula is C18H22N4O3. The Bertz CT molecular complexity index is 846. The maximum Gasteiger partial charge on any atom is 0.257 e. The number of aromatic nitrogens is 1. The zero-order chi connectivity index (χ0) is 17.8. The highest BCUT2D eigenvalue weighted by Gasteiger charge is 2.26. The number of rotatable bonds is 5. The summed E-state index contributed by atoms with van der Waals surface area (Å²) in [5.41, 5.74) is 0.350. The zero-order valence-corrected chi connectivity index (χ0v) is 14.2. The SMILES string of the molecule is CNCC1CCN(C(=O)CNC(=O)c2c[nH]c3ccccc3c2=O)C1. The number of H-pyrrole nitrogens is 1. The van der Waals surface area contributed by atoms with Crippen LogP contribution in [0.4, 0.5) is 0 Å². The minimum absolute atomic E-state index is 0.0148. The number of nitrogens with zero attached hydrogens (tertiary/aromatic N) is 1. The minimum Gasteiger partial charge on any atom is -0.360 e. The maximum atomic E-state index is 12.4. The number of hydrogen-bond donors (Lipinski definition) is 3. The van der Waals surface area contributed by atoms with Gasteiger partial charge in [0.15, 0.2) is 0 Å². The van der Waals surface area contributed by atoms with E-state index in [1.54, 1.807) is 23.1 Å². The van der Waals surface area contributed by atoms with E-state index in [2.05, 4.69) is 15.6 Å². The molecule has 1 unspecified atom stereocenters. The van der Waals surface area contributed by atoms with Gasteiger partial charge in [0.25, 0.3) is 5.91 Å². The molecule has 1 atom stereocenters. The molecule has 0 bridgehead atoms. The number of benzene rings is 1. The molecule has 1 saturated heterocycles. The predicted octanol–water partition coefficient (Wildman–Crippen LogP) is 0.326. The van der Waals surface area contributed by atoms with Gasteiger partial charge in [0.2, 0.25) is 11.3 Å². The fourth-order valence-electron chi connectivity index (χ4n) is 3.21. The average Bonchev–Trinajstić information content (AvgIpc) is 3.09. The van der Waals surface area contributed by atoms with Crippen molar-refractivity contribution in [2.24, 2.45) is 5.92 Å². The summed E-state index contributed by atoms with van der Waals surface area (Å²) >= 11 is 0. The Hall–Kier alpha value is -2.67. The maximum absolute atomic E-state index is 12.4. The van der Waals surface area contributed by atoms with E-state index in [0.717, 1.165) is 13.0 Å². The smallest absolute Gasteiger partial charge is 0.257 e. The van der Waals surface area contributed by atoms with Gasteiger partial charge in [-0.1, -0.05) is 12.1 Å². The fraction of sp³-hybridized carbons (Fsp3) is 0.389. The summed E-state index contributed by atoms with van der Waals surface area (Å²) in [5.74, 6) is -0.205. The van der Waals surface area contributed by atoms with Crippen molar-refractivity contribution >= 4 is 22.7 Å². The summed E-state index contributed by atoms with van der Waals surface area (Å²) in [6.45, 7) is 2.18. The molecule has 1 fully saturated rings. The van der Waals surface area contributed by atoms with Crippen molar-refractivity contribution in [2.75, 3.05) is 33.2 Å². The minimum atomic E-state index is -0.536. The molecule has 0 spiro atoms. The van der Waals surface area contributed by atoms with Crippen molar-refractivity contribution < 1.29 is 9.59 Å². The average molecular weight is 342 g/mol. The first kappa shape index (κ1) is 17.2. The van der Waals surface area contributed by atoms with E-state index in [1.807, 2.05) is 13.1 Å². The molecule has 0 radical (unpaired) electrons. The van der Waals surface area contributed by atoms with Gasteiger partial charge in [0.1, 0.15) is 5.56 Å². The number of nitrogens with one attached hydrogen (secondary N) is 3. The number of carbonyl (C=O) groups is 2. The normalized spacial score (nSPS) is 17.0. The molecule has 2 aromatic rings. The molecule has 0 saturated carbocycles.